The Morgan fingerprint density at radius 3 is 2.71 bits per heavy atom. The second-order valence-electron chi connectivity index (χ2n) is 3.37. The van der Waals surface area contributed by atoms with Gasteiger partial charge >= 0.3 is 0 Å². The Kier molecular flexibility index (Phi) is 4.36. The monoisotopic (exact) mass is 190 g/mol. The van der Waals surface area contributed by atoms with Crippen molar-refractivity contribution in [2.45, 2.75) is 18.9 Å². The molecule has 0 aliphatic carbocycles. The minimum atomic E-state index is 0.0512. The van der Waals surface area contributed by atoms with Crippen molar-refractivity contribution in [3.63, 3.8) is 0 Å². The molecule has 0 bridgehead atoms. The fourth-order valence-corrected chi connectivity index (χ4v) is 1.59. The van der Waals surface area contributed by atoms with Crippen LogP contribution in [0.4, 0.5) is 0 Å². The van der Waals surface area contributed by atoms with E-state index in [1.807, 2.05) is 18.2 Å². The van der Waals surface area contributed by atoms with Gasteiger partial charge in [-0.25, -0.2) is 0 Å². The third-order valence-electron chi connectivity index (χ3n) is 2.29. The molecule has 76 valence electrons. The van der Waals surface area contributed by atoms with E-state index in [-0.39, 0.29) is 6.04 Å². The van der Waals surface area contributed by atoms with Crippen molar-refractivity contribution in [3.8, 4) is 0 Å². The van der Waals surface area contributed by atoms with Crippen molar-refractivity contribution in [3.05, 3.63) is 48.0 Å². The Balaban J connectivity index is 2.87. The molecule has 2 nitrogen and oxygen atoms in total. The number of hydrogen-bond donors (Lipinski definition) is 2. The fraction of sp³-hybridized carbons (Fsp3) is 0.333. The lowest BCUT2D eigenvalue weighted by molar-refractivity contribution is 0.727. The van der Waals surface area contributed by atoms with Crippen LogP contribution in [-0.2, 0) is 6.42 Å². The minimum Gasteiger partial charge on any atom is -0.330 e. The van der Waals surface area contributed by atoms with E-state index in [0.29, 0.717) is 6.54 Å². The van der Waals surface area contributed by atoms with E-state index in [0.717, 1.165) is 12.8 Å². The van der Waals surface area contributed by atoms with Crippen LogP contribution >= 0.6 is 0 Å². The molecule has 0 aromatic heterocycles. The van der Waals surface area contributed by atoms with Crippen molar-refractivity contribution in [1.82, 2.24) is 0 Å². The molecule has 0 fully saturated rings. The first-order valence-electron chi connectivity index (χ1n) is 4.94. The van der Waals surface area contributed by atoms with Crippen LogP contribution in [0.3, 0.4) is 0 Å². The number of rotatable bonds is 5. The second kappa shape index (κ2) is 5.58. The summed E-state index contributed by atoms with van der Waals surface area (Å²) in [4.78, 5) is 0. The van der Waals surface area contributed by atoms with Crippen LogP contribution in [-0.4, -0.2) is 6.54 Å². The smallest absolute Gasteiger partial charge is 0.0332 e. The molecule has 1 atom stereocenters. The molecule has 0 saturated carbocycles. The quantitative estimate of drug-likeness (QED) is 0.695. The van der Waals surface area contributed by atoms with Gasteiger partial charge in [-0.05, 0) is 30.5 Å². The lowest BCUT2D eigenvalue weighted by Crippen LogP contribution is -2.13. The van der Waals surface area contributed by atoms with Crippen molar-refractivity contribution in [1.29, 1.82) is 0 Å². The standard InChI is InChI=1S/C12H18N2/c1-2-5-12(14)11-7-4-3-6-10(11)8-9-13/h2-4,6-7,12H,1,5,8-9,13-14H2/t12-/m1/s1. The third-order valence-corrected chi connectivity index (χ3v) is 2.29. The molecular weight excluding hydrogens is 172 g/mol. The Labute approximate surface area is 85.6 Å². The summed E-state index contributed by atoms with van der Waals surface area (Å²) in [5, 5.41) is 0. The molecule has 0 aliphatic heterocycles. The third kappa shape index (κ3) is 2.69. The zero-order chi connectivity index (χ0) is 10.4. The maximum atomic E-state index is 6.02. The maximum absolute atomic E-state index is 6.02. The van der Waals surface area contributed by atoms with Crippen LogP contribution in [0.5, 0.6) is 0 Å². The zero-order valence-electron chi connectivity index (χ0n) is 8.45. The molecule has 0 unspecified atom stereocenters. The van der Waals surface area contributed by atoms with Gasteiger partial charge in [-0.2, -0.15) is 0 Å². The van der Waals surface area contributed by atoms with Crippen LogP contribution in [0.2, 0.25) is 0 Å². The first-order chi connectivity index (χ1) is 6.79. The van der Waals surface area contributed by atoms with E-state index in [2.05, 4.69) is 18.7 Å². The zero-order valence-corrected chi connectivity index (χ0v) is 8.45. The van der Waals surface area contributed by atoms with E-state index >= 15 is 0 Å². The van der Waals surface area contributed by atoms with Gasteiger partial charge in [0.05, 0.1) is 0 Å². The van der Waals surface area contributed by atoms with E-state index in [1.165, 1.54) is 11.1 Å². The second-order valence-corrected chi connectivity index (χ2v) is 3.37. The van der Waals surface area contributed by atoms with Crippen molar-refractivity contribution >= 4 is 0 Å². The average Bonchev–Trinajstić information content (AvgIpc) is 2.19. The highest BCUT2D eigenvalue weighted by Crippen LogP contribution is 2.19. The van der Waals surface area contributed by atoms with Crippen molar-refractivity contribution in [2.75, 3.05) is 6.54 Å². The van der Waals surface area contributed by atoms with Gasteiger partial charge in [0.1, 0.15) is 0 Å². The van der Waals surface area contributed by atoms with E-state index in [4.69, 9.17) is 11.5 Å². The van der Waals surface area contributed by atoms with Gasteiger partial charge in [-0.15, -0.1) is 6.58 Å². The molecule has 2 heteroatoms. The fourth-order valence-electron chi connectivity index (χ4n) is 1.59. The van der Waals surface area contributed by atoms with Crippen LogP contribution in [0.25, 0.3) is 0 Å². The molecule has 1 aromatic rings. The Morgan fingerprint density at radius 1 is 1.36 bits per heavy atom. The summed E-state index contributed by atoms with van der Waals surface area (Å²) < 4.78 is 0. The molecule has 0 saturated heterocycles. The highest BCUT2D eigenvalue weighted by Gasteiger charge is 2.07. The van der Waals surface area contributed by atoms with Crippen molar-refractivity contribution in [2.24, 2.45) is 11.5 Å². The van der Waals surface area contributed by atoms with E-state index in [1.54, 1.807) is 0 Å². The normalized spacial score (nSPS) is 12.4. The molecule has 14 heavy (non-hydrogen) atoms. The van der Waals surface area contributed by atoms with Gasteiger partial charge in [0, 0.05) is 6.04 Å². The highest BCUT2D eigenvalue weighted by molar-refractivity contribution is 5.30. The topological polar surface area (TPSA) is 52.0 Å². The van der Waals surface area contributed by atoms with Gasteiger partial charge < -0.3 is 11.5 Å². The summed E-state index contributed by atoms with van der Waals surface area (Å²) in [5.74, 6) is 0. The van der Waals surface area contributed by atoms with Crippen molar-refractivity contribution < 1.29 is 0 Å². The van der Waals surface area contributed by atoms with Gasteiger partial charge in [0.25, 0.3) is 0 Å². The average molecular weight is 190 g/mol. The lowest BCUT2D eigenvalue weighted by Gasteiger charge is -2.14. The van der Waals surface area contributed by atoms with E-state index < -0.39 is 0 Å². The SMILES string of the molecule is C=CC[C@@H](N)c1ccccc1CCN. The Bertz CT molecular complexity index is 294. The predicted molar refractivity (Wildman–Crippen MR) is 60.9 cm³/mol. The van der Waals surface area contributed by atoms with Gasteiger partial charge in [0.2, 0.25) is 0 Å². The highest BCUT2D eigenvalue weighted by atomic mass is 14.6. The lowest BCUT2D eigenvalue weighted by atomic mass is 9.97. The van der Waals surface area contributed by atoms with Crippen LogP contribution < -0.4 is 11.5 Å². The molecule has 4 N–H and O–H groups in total. The summed E-state index contributed by atoms with van der Waals surface area (Å²) in [6.07, 6.45) is 3.55. The summed E-state index contributed by atoms with van der Waals surface area (Å²) >= 11 is 0. The number of nitrogens with two attached hydrogens (primary N) is 2. The van der Waals surface area contributed by atoms with Crippen LogP contribution in [0.1, 0.15) is 23.6 Å². The largest absolute Gasteiger partial charge is 0.330 e. The van der Waals surface area contributed by atoms with Gasteiger partial charge in [-0.3, -0.25) is 0 Å². The molecule has 0 aliphatic rings. The molecule has 0 spiro atoms. The first-order valence-corrected chi connectivity index (χ1v) is 4.94. The van der Waals surface area contributed by atoms with Gasteiger partial charge in [-0.1, -0.05) is 30.3 Å². The molecule has 0 heterocycles. The molecule has 1 aromatic carbocycles. The Morgan fingerprint density at radius 2 is 2.07 bits per heavy atom. The first kappa shape index (κ1) is 11.0. The number of hydrogen-bond acceptors (Lipinski definition) is 2. The van der Waals surface area contributed by atoms with Gasteiger partial charge in [0.15, 0.2) is 0 Å². The summed E-state index contributed by atoms with van der Waals surface area (Å²) in [6, 6.07) is 8.24. The minimum absolute atomic E-state index is 0.0512. The Hall–Kier alpha value is -1.12. The summed E-state index contributed by atoms with van der Waals surface area (Å²) in [7, 11) is 0. The predicted octanol–water partition coefficient (Wildman–Crippen LogP) is 1.76. The van der Waals surface area contributed by atoms with Crippen LogP contribution in [0.15, 0.2) is 36.9 Å². The van der Waals surface area contributed by atoms with E-state index in [9.17, 15) is 0 Å². The number of benzene rings is 1. The summed E-state index contributed by atoms with van der Waals surface area (Å²) in [6.45, 7) is 4.36. The molecule has 0 radical (unpaired) electrons. The molecule has 1 rings (SSSR count). The molecular formula is C12H18N2. The summed E-state index contributed by atoms with van der Waals surface area (Å²) in [5.41, 5.74) is 14.0. The maximum Gasteiger partial charge on any atom is 0.0332 e. The van der Waals surface area contributed by atoms with Crippen LogP contribution in [0, 0.1) is 0 Å². The molecule has 0 amide bonds.